The van der Waals surface area contributed by atoms with E-state index < -0.39 is 0 Å². The minimum absolute atomic E-state index is 0.380. The number of allylic oxidation sites excluding steroid dienone is 6. The van der Waals surface area contributed by atoms with E-state index in [1.165, 1.54) is 48.0 Å². The van der Waals surface area contributed by atoms with Crippen molar-refractivity contribution >= 4 is 0 Å². The van der Waals surface area contributed by atoms with Gasteiger partial charge in [0, 0.05) is 0 Å². The van der Waals surface area contributed by atoms with Crippen molar-refractivity contribution in [3.05, 3.63) is 59.3 Å². The van der Waals surface area contributed by atoms with Crippen LogP contribution in [0.5, 0.6) is 0 Å². The van der Waals surface area contributed by atoms with Crippen LogP contribution in [-0.2, 0) is 4.74 Å². The van der Waals surface area contributed by atoms with Crippen molar-refractivity contribution < 1.29 is 4.74 Å². The molecule has 1 aliphatic heterocycles. The third-order valence-corrected chi connectivity index (χ3v) is 4.00. The van der Waals surface area contributed by atoms with E-state index in [-0.39, 0.29) is 0 Å². The molecule has 1 atom stereocenters. The zero-order valence-corrected chi connectivity index (χ0v) is 10.8. The van der Waals surface area contributed by atoms with E-state index in [1.54, 1.807) is 0 Å². The lowest BCUT2D eigenvalue weighted by atomic mass is 9.83. The second-order valence-corrected chi connectivity index (χ2v) is 5.25. The largest absolute Gasteiger partial charge is 0.369 e. The predicted molar refractivity (Wildman–Crippen MR) is 75.4 cm³/mol. The van der Waals surface area contributed by atoms with Gasteiger partial charge < -0.3 is 4.74 Å². The van der Waals surface area contributed by atoms with Crippen LogP contribution >= 0.6 is 0 Å². The number of hydrogen-bond acceptors (Lipinski definition) is 1. The molecule has 1 heterocycles. The van der Waals surface area contributed by atoms with Gasteiger partial charge in [-0.2, -0.15) is 0 Å². The van der Waals surface area contributed by atoms with Crippen LogP contribution in [0, 0.1) is 0 Å². The van der Waals surface area contributed by atoms with Crippen molar-refractivity contribution in [2.24, 2.45) is 0 Å². The predicted octanol–water partition coefficient (Wildman–Crippen LogP) is 4.25. The maximum Gasteiger partial charge on any atom is 0.0798 e. The number of rotatable bonds is 2. The Bertz CT molecular complexity index is 474. The summed E-state index contributed by atoms with van der Waals surface area (Å²) in [5.74, 6) is 0. The minimum Gasteiger partial charge on any atom is -0.369 e. The summed E-state index contributed by atoms with van der Waals surface area (Å²) in [6.45, 7) is 4.61. The third-order valence-electron chi connectivity index (χ3n) is 4.00. The molecule has 0 aromatic carbocycles. The van der Waals surface area contributed by atoms with E-state index >= 15 is 0 Å². The van der Waals surface area contributed by atoms with Gasteiger partial charge in [-0.15, -0.1) is 6.58 Å². The molecule has 0 saturated heterocycles. The summed E-state index contributed by atoms with van der Waals surface area (Å²) in [6, 6.07) is 0. The summed E-state index contributed by atoms with van der Waals surface area (Å²) in [6.07, 6.45) is 17.2. The van der Waals surface area contributed by atoms with Crippen molar-refractivity contribution in [1.82, 2.24) is 0 Å². The molecule has 0 spiro atoms. The van der Waals surface area contributed by atoms with Gasteiger partial charge in [-0.3, -0.25) is 0 Å². The maximum atomic E-state index is 5.99. The lowest BCUT2D eigenvalue weighted by molar-refractivity contribution is 0.0693. The molecular weight excluding hydrogens is 220 g/mol. The monoisotopic (exact) mass is 240 g/mol. The van der Waals surface area contributed by atoms with Gasteiger partial charge in [-0.25, -0.2) is 0 Å². The summed E-state index contributed by atoms with van der Waals surface area (Å²) in [5, 5.41) is 0. The number of ether oxygens (including phenoxy) is 1. The molecule has 1 saturated carbocycles. The Labute approximate surface area is 109 Å². The molecule has 1 heteroatoms. The smallest absolute Gasteiger partial charge is 0.0798 e. The Morgan fingerprint density at radius 3 is 3.22 bits per heavy atom. The van der Waals surface area contributed by atoms with Crippen LogP contribution in [0.1, 0.15) is 32.1 Å². The van der Waals surface area contributed by atoms with Gasteiger partial charge in [0.2, 0.25) is 0 Å². The third kappa shape index (κ3) is 2.15. The lowest BCUT2D eigenvalue weighted by Gasteiger charge is -2.33. The molecule has 0 N–H and O–H groups in total. The Morgan fingerprint density at radius 2 is 2.33 bits per heavy atom. The van der Waals surface area contributed by atoms with Gasteiger partial charge >= 0.3 is 0 Å². The first-order valence-electron chi connectivity index (χ1n) is 6.92. The first-order valence-corrected chi connectivity index (χ1v) is 6.92. The van der Waals surface area contributed by atoms with E-state index in [1.807, 2.05) is 6.08 Å². The zero-order valence-electron chi connectivity index (χ0n) is 10.8. The van der Waals surface area contributed by atoms with Crippen LogP contribution in [0.15, 0.2) is 59.3 Å². The molecule has 1 fully saturated rings. The Hall–Kier alpha value is -1.34. The fourth-order valence-electron chi connectivity index (χ4n) is 3.09. The first kappa shape index (κ1) is 11.7. The fraction of sp³-hybridized carbons (Fsp3) is 0.412. The molecule has 94 valence electrons. The summed E-state index contributed by atoms with van der Waals surface area (Å²) >= 11 is 0. The molecule has 2 aliphatic carbocycles. The summed E-state index contributed by atoms with van der Waals surface area (Å²) in [5.41, 5.74) is 5.68. The minimum atomic E-state index is 0.380. The molecule has 1 unspecified atom stereocenters. The average molecular weight is 240 g/mol. The van der Waals surface area contributed by atoms with Gasteiger partial charge in [0.05, 0.1) is 12.7 Å². The van der Waals surface area contributed by atoms with Crippen LogP contribution in [0.2, 0.25) is 0 Å². The Balaban J connectivity index is 2.03. The molecule has 18 heavy (non-hydrogen) atoms. The first-order chi connectivity index (χ1) is 8.88. The van der Waals surface area contributed by atoms with Gasteiger partial charge in [0.25, 0.3) is 0 Å². The van der Waals surface area contributed by atoms with Crippen molar-refractivity contribution in [2.75, 3.05) is 6.61 Å². The highest BCUT2D eigenvalue weighted by molar-refractivity contribution is 5.53. The Morgan fingerprint density at radius 1 is 1.39 bits per heavy atom. The van der Waals surface area contributed by atoms with Crippen LogP contribution in [0.4, 0.5) is 0 Å². The second kappa shape index (κ2) is 5.11. The van der Waals surface area contributed by atoms with Crippen molar-refractivity contribution in [3.63, 3.8) is 0 Å². The molecule has 1 nitrogen and oxygen atoms in total. The fourth-order valence-corrected chi connectivity index (χ4v) is 3.09. The quantitative estimate of drug-likeness (QED) is 0.655. The Kier molecular flexibility index (Phi) is 3.33. The molecule has 0 aromatic heterocycles. The maximum absolute atomic E-state index is 5.99. The van der Waals surface area contributed by atoms with E-state index in [0.29, 0.717) is 6.10 Å². The number of hydrogen-bond donors (Lipinski definition) is 0. The highest BCUT2D eigenvalue weighted by atomic mass is 16.5. The zero-order chi connectivity index (χ0) is 12.4. The summed E-state index contributed by atoms with van der Waals surface area (Å²) < 4.78 is 5.99. The second-order valence-electron chi connectivity index (χ2n) is 5.25. The normalized spacial score (nSPS) is 26.8. The highest BCUT2D eigenvalue weighted by Gasteiger charge is 2.28. The van der Waals surface area contributed by atoms with Crippen molar-refractivity contribution in [2.45, 2.75) is 38.2 Å². The van der Waals surface area contributed by atoms with E-state index in [2.05, 4.69) is 30.9 Å². The molecule has 0 amide bonds. The van der Waals surface area contributed by atoms with Crippen LogP contribution < -0.4 is 0 Å². The van der Waals surface area contributed by atoms with E-state index in [9.17, 15) is 0 Å². The van der Waals surface area contributed by atoms with Crippen LogP contribution in [-0.4, -0.2) is 12.7 Å². The summed E-state index contributed by atoms with van der Waals surface area (Å²) in [4.78, 5) is 0. The van der Waals surface area contributed by atoms with Crippen molar-refractivity contribution in [1.29, 1.82) is 0 Å². The van der Waals surface area contributed by atoms with Crippen molar-refractivity contribution in [3.8, 4) is 0 Å². The highest BCUT2D eigenvalue weighted by Crippen LogP contribution is 2.37. The van der Waals surface area contributed by atoms with E-state index in [4.69, 9.17) is 4.74 Å². The molecule has 0 radical (unpaired) electrons. The van der Waals surface area contributed by atoms with Gasteiger partial charge in [-0.05, 0) is 48.0 Å². The summed E-state index contributed by atoms with van der Waals surface area (Å²) in [7, 11) is 0. The van der Waals surface area contributed by atoms with Gasteiger partial charge in [-0.1, -0.05) is 36.8 Å². The average Bonchev–Trinajstić information content (AvgIpc) is 2.61. The number of fused-ring (bicyclic) bond motifs is 2. The molecular formula is C17H20O. The van der Waals surface area contributed by atoms with Gasteiger partial charge in [0.15, 0.2) is 0 Å². The SMILES string of the molecule is C=CCC1=CC2=C3CCCCC3OCC2=CC=C1. The molecule has 0 bridgehead atoms. The molecule has 3 aliphatic rings. The van der Waals surface area contributed by atoms with Gasteiger partial charge in [0.1, 0.15) is 0 Å². The van der Waals surface area contributed by atoms with Crippen LogP contribution in [0.3, 0.4) is 0 Å². The van der Waals surface area contributed by atoms with E-state index in [0.717, 1.165) is 13.0 Å². The lowest BCUT2D eigenvalue weighted by Crippen LogP contribution is -2.27. The standard InChI is InChI=1S/C17H20O/c1-2-6-13-7-5-8-14-12-18-17-10-4-3-9-15(17)16(14)11-13/h2,5,7-8,11,17H,1,3-4,6,9-10,12H2. The molecule has 3 rings (SSSR count). The molecule has 0 aromatic rings. The topological polar surface area (TPSA) is 9.23 Å². The van der Waals surface area contributed by atoms with Crippen LogP contribution in [0.25, 0.3) is 0 Å².